The van der Waals surface area contributed by atoms with E-state index >= 15 is 0 Å². The third-order valence-electron chi connectivity index (χ3n) is 3.31. The zero-order chi connectivity index (χ0) is 14.2. The Bertz CT molecular complexity index is 636. The van der Waals surface area contributed by atoms with E-state index in [4.69, 9.17) is 14.7 Å². The number of hydrogen-bond donors (Lipinski definition) is 0. The molecule has 0 N–H and O–H groups in total. The Labute approximate surface area is 112 Å². The molecule has 0 unspecified atom stereocenters. The van der Waals surface area contributed by atoms with Crippen LogP contribution in [0.2, 0.25) is 0 Å². The molecule has 19 heavy (non-hydrogen) atoms. The van der Waals surface area contributed by atoms with Gasteiger partial charge in [-0.15, -0.1) is 0 Å². The SMILES string of the molecule is CC(=O)Oc1c(C)c(C)c2c(c1C)C=C(C#N)CO2. The van der Waals surface area contributed by atoms with Crippen LogP contribution in [0.5, 0.6) is 11.5 Å². The van der Waals surface area contributed by atoms with Crippen molar-refractivity contribution in [2.45, 2.75) is 27.7 Å². The molecule has 0 fully saturated rings. The van der Waals surface area contributed by atoms with Gasteiger partial charge >= 0.3 is 5.97 Å². The molecule has 1 aliphatic rings. The fourth-order valence-electron chi connectivity index (χ4n) is 2.20. The van der Waals surface area contributed by atoms with Crippen LogP contribution in [0.15, 0.2) is 5.57 Å². The molecule has 0 bridgehead atoms. The Hall–Kier alpha value is -2.28. The minimum atomic E-state index is -0.355. The normalized spacial score (nSPS) is 12.9. The third-order valence-corrected chi connectivity index (χ3v) is 3.31. The smallest absolute Gasteiger partial charge is 0.308 e. The van der Waals surface area contributed by atoms with E-state index in [1.807, 2.05) is 20.8 Å². The molecule has 0 radical (unpaired) electrons. The minimum Gasteiger partial charge on any atom is -0.487 e. The van der Waals surface area contributed by atoms with Gasteiger partial charge in [-0.05, 0) is 38.0 Å². The lowest BCUT2D eigenvalue weighted by Gasteiger charge is -2.23. The first kappa shape index (κ1) is 13.2. The van der Waals surface area contributed by atoms with Gasteiger partial charge < -0.3 is 9.47 Å². The molecule has 1 aromatic rings. The number of carbonyl (C=O) groups excluding carboxylic acids is 1. The van der Waals surface area contributed by atoms with E-state index in [0.717, 1.165) is 28.0 Å². The van der Waals surface area contributed by atoms with Gasteiger partial charge in [-0.2, -0.15) is 5.26 Å². The van der Waals surface area contributed by atoms with Gasteiger partial charge in [0.1, 0.15) is 18.1 Å². The Balaban J connectivity index is 2.70. The van der Waals surface area contributed by atoms with Gasteiger partial charge in [0.2, 0.25) is 0 Å². The van der Waals surface area contributed by atoms with Crippen molar-refractivity contribution in [1.82, 2.24) is 0 Å². The van der Waals surface area contributed by atoms with Gasteiger partial charge in [0.05, 0.1) is 11.6 Å². The highest BCUT2D eigenvalue weighted by Gasteiger charge is 2.22. The zero-order valence-corrected chi connectivity index (χ0v) is 11.5. The van der Waals surface area contributed by atoms with Gasteiger partial charge in [-0.3, -0.25) is 4.79 Å². The molecular formula is C15H15NO3. The Morgan fingerprint density at radius 2 is 2.00 bits per heavy atom. The van der Waals surface area contributed by atoms with Crippen molar-refractivity contribution in [1.29, 1.82) is 5.26 Å². The van der Waals surface area contributed by atoms with Gasteiger partial charge in [-0.25, -0.2) is 0 Å². The zero-order valence-electron chi connectivity index (χ0n) is 11.5. The molecule has 2 rings (SSSR count). The topological polar surface area (TPSA) is 59.3 Å². The summed E-state index contributed by atoms with van der Waals surface area (Å²) in [7, 11) is 0. The van der Waals surface area contributed by atoms with Crippen LogP contribution in [0.25, 0.3) is 6.08 Å². The highest BCUT2D eigenvalue weighted by molar-refractivity contribution is 5.77. The summed E-state index contributed by atoms with van der Waals surface area (Å²) in [5.74, 6) is 0.972. The summed E-state index contributed by atoms with van der Waals surface area (Å²) in [6.45, 7) is 7.35. The van der Waals surface area contributed by atoms with E-state index in [-0.39, 0.29) is 12.6 Å². The summed E-state index contributed by atoms with van der Waals surface area (Å²) in [6, 6.07) is 2.09. The first-order valence-corrected chi connectivity index (χ1v) is 6.01. The maximum Gasteiger partial charge on any atom is 0.308 e. The predicted octanol–water partition coefficient (Wildman–Crippen LogP) is 2.84. The van der Waals surface area contributed by atoms with Crippen LogP contribution in [-0.2, 0) is 4.79 Å². The van der Waals surface area contributed by atoms with E-state index in [0.29, 0.717) is 11.3 Å². The van der Waals surface area contributed by atoms with Gasteiger partial charge in [0, 0.05) is 18.1 Å². The molecule has 98 valence electrons. The Morgan fingerprint density at radius 3 is 2.58 bits per heavy atom. The van der Waals surface area contributed by atoms with Crippen molar-refractivity contribution < 1.29 is 14.3 Å². The summed E-state index contributed by atoms with van der Waals surface area (Å²) < 4.78 is 10.9. The summed E-state index contributed by atoms with van der Waals surface area (Å²) in [5, 5.41) is 8.96. The number of benzene rings is 1. The molecule has 1 aliphatic heterocycles. The van der Waals surface area contributed by atoms with Crippen LogP contribution >= 0.6 is 0 Å². The van der Waals surface area contributed by atoms with Crippen molar-refractivity contribution in [3.05, 3.63) is 27.8 Å². The lowest BCUT2D eigenvalue weighted by molar-refractivity contribution is -0.131. The van der Waals surface area contributed by atoms with Crippen LogP contribution in [0.4, 0.5) is 0 Å². The number of fused-ring (bicyclic) bond motifs is 1. The maximum absolute atomic E-state index is 11.2. The third kappa shape index (κ3) is 2.19. The fraction of sp³-hybridized carbons (Fsp3) is 0.333. The van der Waals surface area contributed by atoms with E-state index in [9.17, 15) is 4.79 Å². The number of ether oxygens (including phenoxy) is 2. The second-order valence-electron chi connectivity index (χ2n) is 4.61. The van der Waals surface area contributed by atoms with Gasteiger partial charge in [-0.1, -0.05) is 0 Å². The van der Waals surface area contributed by atoms with E-state index in [1.54, 1.807) is 6.08 Å². The molecule has 0 saturated heterocycles. The van der Waals surface area contributed by atoms with Crippen LogP contribution in [0.1, 0.15) is 29.2 Å². The van der Waals surface area contributed by atoms with Gasteiger partial charge in [0.15, 0.2) is 0 Å². The Morgan fingerprint density at radius 1 is 1.32 bits per heavy atom. The maximum atomic E-state index is 11.2. The van der Waals surface area contributed by atoms with Crippen LogP contribution in [0, 0.1) is 32.1 Å². The molecule has 4 heteroatoms. The van der Waals surface area contributed by atoms with Crippen molar-refractivity contribution >= 4 is 12.0 Å². The molecule has 0 spiro atoms. The number of carbonyl (C=O) groups is 1. The molecule has 0 aromatic heterocycles. The van der Waals surface area contributed by atoms with Crippen molar-refractivity contribution in [3.8, 4) is 17.6 Å². The first-order valence-electron chi connectivity index (χ1n) is 6.01. The van der Waals surface area contributed by atoms with Crippen LogP contribution in [0.3, 0.4) is 0 Å². The standard InChI is InChI=1S/C15H15NO3/c1-8-9(2)15-13(5-12(6-16)7-18-15)10(3)14(8)19-11(4)17/h5H,7H2,1-4H3. The molecular weight excluding hydrogens is 242 g/mol. The lowest BCUT2D eigenvalue weighted by atomic mass is 9.94. The summed E-state index contributed by atoms with van der Waals surface area (Å²) >= 11 is 0. The average molecular weight is 257 g/mol. The molecule has 1 heterocycles. The molecule has 0 amide bonds. The summed E-state index contributed by atoms with van der Waals surface area (Å²) in [4.78, 5) is 11.2. The van der Waals surface area contributed by atoms with E-state index in [1.165, 1.54) is 6.92 Å². The number of nitrogens with zero attached hydrogens (tertiary/aromatic N) is 1. The molecule has 0 aliphatic carbocycles. The fourth-order valence-corrected chi connectivity index (χ4v) is 2.20. The van der Waals surface area contributed by atoms with Crippen molar-refractivity contribution in [2.75, 3.05) is 6.61 Å². The minimum absolute atomic E-state index is 0.288. The predicted molar refractivity (Wildman–Crippen MR) is 71.0 cm³/mol. The largest absolute Gasteiger partial charge is 0.487 e. The second kappa shape index (κ2) is 4.77. The van der Waals surface area contributed by atoms with Crippen LogP contribution in [-0.4, -0.2) is 12.6 Å². The summed E-state index contributed by atoms with van der Waals surface area (Å²) in [5.41, 5.74) is 4.03. The van der Waals surface area contributed by atoms with Crippen molar-refractivity contribution in [3.63, 3.8) is 0 Å². The van der Waals surface area contributed by atoms with Crippen molar-refractivity contribution in [2.24, 2.45) is 0 Å². The molecule has 0 atom stereocenters. The molecule has 1 aromatic carbocycles. The van der Waals surface area contributed by atoms with E-state index in [2.05, 4.69) is 6.07 Å². The Kier molecular flexibility index (Phi) is 3.30. The highest BCUT2D eigenvalue weighted by Crippen LogP contribution is 2.40. The first-order chi connectivity index (χ1) is 8.95. The lowest BCUT2D eigenvalue weighted by Crippen LogP contribution is -2.12. The monoisotopic (exact) mass is 257 g/mol. The van der Waals surface area contributed by atoms with Crippen LogP contribution < -0.4 is 9.47 Å². The van der Waals surface area contributed by atoms with Gasteiger partial charge in [0.25, 0.3) is 0 Å². The number of hydrogen-bond acceptors (Lipinski definition) is 4. The average Bonchev–Trinajstić information content (AvgIpc) is 2.40. The summed E-state index contributed by atoms with van der Waals surface area (Å²) in [6.07, 6.45) is 1.80. The molecule has 0 saturated carbocycles. The quantitative estimate of drug-likeness (QED) is 0.573. The van der Waals surface area contributed by atoms with E-state index < -0.39 is 0 Å². The second-order valence-corrected chi connectivity index (χ2v) is 4.61. The number of rotatable bonds is 1. The number of esters is 1. The number of nitriles is 1. The highest BCUT2D eigenvalue weighted by atomic mass is 16.5. The molecule has 4 nitrogen and oxygen atoms in total.